The summed E-state index contributed by atoms with van der Waals surface area (Å²) in [5, 5.41) is 15.3. The van der Waals surface area contributed by atoms with Gasteiger partial charge in [-0.3, -0.25) is 9.97 Å². The van der Waals surface area contributed by atoms with E-state index in [1.807, 2.05) is 24.5 Å². The van der Waals surface area contributed by atoms with Crippen LogP contribution in [-0.2, 0) is 0 Å². The Bertz CT molecular complexity index is 2400. The molecular weight excluding hydrogens is 825 g/mol. The van der Waals surface area contributed by atoms with Gasteiger partial charge in [-0.1, -0.05) is 23.2 Å². The van der Waals surface area contributed by atoms with Gasteiger partial charge in [-0.25, -0.2) is 18.4 Å². The lowest BCUT2D eigenvalue weighted by Crippen LogP contribution is -2.57. The average molecular weight is 876 g/mol. The van der Waals surface area contributed by atoms with Crippen molar-refractivity contribution < 1.29 is 18.4 Å². The monoisotopic (exact) mass is 874 g/mol. The van der Waals surface area contributed by atoms with Crippen LogP contribution in [0, 0.1) is 22.5 Å². The zero-order chi connectivity index (χ0) is 42.8. The number of carbonyl (C=O) groups is 2. The summed E-state index contributed by atoms with van der Waals surface area (Å²) in [4.78, 5) is 33.8. The van der Waals surface area contributed by atoms with E-state index in [1.165, 1.54) is 23.3 Å². The maximum absolute atomic E-state index is 13.8. The summed E-state index contributed by atoms with van der Waals surface area (Å²) in [6.45, 7) is 0. The first-order chi connectivity index (χ1) is 30.0. The Morgan fingerprint density at radius 3 is 1.24 bits per heavy atom. The zero-order valence-electron chi connectivity index (χ0n) is 34.4. The lowest BCUT2D eigenvalue weighted by molar-refractivity contribution is 0.0245. The lowest BCUT2D eigenvalue weighted by atomic mass is 9.55. The molecule has 10 rings (SSSR count). The van der Waals surface area contributed by atoms with Crippen LogP contribution in [0.3, 0.4) is 0 Å². The highest BCUT2D eigenvalue weighted by Crippen LogP contribution is 2.56. The second-order valence-corrected chi connectivity index (χ2v) is 18.7. The van der Waals surface area contributed by atoms with Crippen molar-refractivity contribution >= 4 is 68.4 Å². The van der Waals surface area contributed by atoms with Crippen molar-refractivity contribution in [3.8, 4) is 0 Å². The number of amides is 4. The quantitative estimate of drug-likeness (QED) is 0.134. The minimum Gasteiger partial charge on any atom is -0.335 e. The molecule has 4 fully saturated rings. The number of hydrogen-bond acceptors (Lipinski definition) is 4. The van der Waals surface area contributed by atoms with Gasteiger partial charge >= 0.3 is 12.1 Å². The minimum atomic E-state index is -0.219. The molecule has 4 saturated carbocycles. The van der Waals surface area contributed by atoms with E-state index in [9.17, 15) is 18.4 Å². The van der Waals surface area contributed by atoms with Gasteiger partial charge in [-0.05, 0) is 208 Å². The molecule has 62 heavy (non-hydrogen) atoms. The summed E-state index contributed by atoms with van der Waals surface area (Å²) < 4.78 is 27.7. The summed E-state index contributed by atoms with van der Waals surface area (Å²) in [6.07, 6.45) is 16.5. The first-order valence-electron chi connectivity index (χ1n) is 21.8. The van der Waals surface area contributed by atoms with Gasteiger partial charge in [0.15, 0.2) is 0 Å². The Hall–Kier alpha value is -5.32. The molecule has 2 heterocycles. The fourth-order valence-corrected chi connectivity index (χ4v) is 11.0. The summed E-state index contributed by atoms with van der Waals surface area (Å²) >= 11 is 11.8. The Morgan fingerprint density at radius 2 is 0.887 bits per heavy atom. The van der Waals surface area contributed by atoms with Gasteiger partial charge in [-0.2, -0.15) is 0 Å². The van der Waals surface area contributed by atoms with Crippen molar-refractivity contribution in [3.63, 3.8) is 0 Å². The average Bonchev–Trinajstić information content (AvgIpc) is 3.28. The van der Waals surface area contributed by atoms with E-state index in [0.717, 1.165) is 110 Å². The number of fused-ring (bicyclic) bond motifs is 2. The minimum absolute atomic E-state index is 0.163. The number of aromatic nitrogens is 2. The predicted molar refractivity (Wildman–Crippen MR) is 244 cm³/mol. The van der Waals surface area contributed by atoms with Crippen LogP contribution in [0.2, 0.25) is 10.0 Å². The number of benzene rings is 4. The van der Waals surface area contributed by atoms with E-state index in [2.05, 4.69) is 31.2 Å². The van der Waals surface area contributed by atoms with Crippen LogP contribution in [0.15, 0.2) is 109 Å². The topological polar surface area (TPSA) is 108 Å². The normalized spacial score (nSPS) is 25.2. The molecule has 4 aromatic carbocycles. The molecule has 4 aliphatic rings. The maximum atomic E-state index is 13.8. The highest BCUT2D eigenvalue weighted by Gasteiger charge is 2.50. The van der Waals surface area contributed by atoms with E-state index in [1.54, 1.807) is 72.8 Å². The van der Waals surface area contributed by atoms with Gasteiger partial charge in [0.1, 0.15) is 11.6 Å². The standard InChI is InChI=1S/2C25H25ClFN3O/c2*26-17-1-4-19(5-2-17)29-24(31)30-23-9-13-25(23)11-7-16(8-12-25)20-10-14-28-22-6-3-18(27)15-21(20)22/h2*1-6,10,14-16,23H,7-9,11-13H2,(H2,29,30,31). The second kappa shape index (κ2) is 17.8. The van der Waals surface area contributed by atoms with Crippen molar-refractivity contribution in [2.75, 3.05) is 10.6 Å². The smallest absolute Gasteiger partial charge is 0.319 e. The third-order valence-electron chi connectivity index (χ3n) is 14.5. The molecule has 4 aliphatic carbocycles. The van der Waals surface area contributed by atoms with Gasteiger partial charge in [0.05, 0.1) is 11.0 Å². The zero-order valence-corrected chi connectivity index (χ0v) is 35.9. The number of urea groups is 2. The summed E-state index contributed by atoms with van der Waals surface area (Å²) in [5.41, 5.74) is 5.92. The number of halogens is 4. The molecule has 2 atom stereocenters. The van der Waals surface area contributed by atoms with E-state index in [4.69, 9.17) is 23.2 Å². The Labute approximate surface area is 370 Å². The number of carbonyl (C=O) groups excluding carboxylic acids is 2. The molecule has 2 unspecified atom stereocenters. The maximum Gasteiger partial charge on any atom is 0.319 e. The number of pyridine rings is 2. The predicted octanol–water partition coefficient (Wildman–Crippen LogP) is 13.3. The van der Waals surface area contributed by atoms with Crippen LogP contribution >= 0.6 is 23.2 Å². The molecule has 6 aromatic rings. The van der Waals surface area contributed by atoms with Crippen LogP contribution in [0.1, 0.15) is 100 Å². The Morgan fingerprint density at radius 1 is 0.516 bits per heavy atom. The van der Waals surface area contributed by atoms with Crippen LogP contribution in [0.25, 0.3) is 21.8 Å². The first-order valence-corrected chi connectivity index (χ1v) is 22.5. The molecule has 0 saturated heterocycles. The summed E-state index contributed by atoms with van der Waals surface area (Å²) in [5.74, 6) is 0.372. The molecule has 8 nitrogen and oxygen atoms in total. The molecule has 12 heteroatoms. The SMILES string of the molecule is O=C(Nc1ccc(Cl)cc1)NC1CCC12CCC(c1ccnc3ccc(F)cc13)CC2.O=C(Nc1ccc(Cl)cc1)NC1CCC12CCC(c1ccnc3ccc(F)cc13)CC2. The molecule has 4 amide bonds. The number of anilines is 2. The molecular formula is C50H50Cl2F2N6O2. The van der Waals surface area contributed by atoms with Crippen molar-refractivity contribution in [1.82, 2.24) is 20.6 Å². The van der Waals surface area contributed by atoms with Crippen LogP contribution in [0.5, 0.6) is 0 Å². The van der Waals surface area contributed by atoms with Gasteiger partial charge in [-0.15, -0.1) is 0 Å². The molecule has 0 aliphatic heterocycles. The first kappa shape index (κ1) is 42.0. The number of hydrogen-bond donors (Lipinski definition) is 4. The Balaban J connectivity index is 0.000000158. The van der Waals surface area contributed by atoms with Crippen molar-refractivity contribution in [2.24, 2.45) is 10.8 Å². The van der Waals surface area contributed by atoms with E-state index in [-0.39, 0.29) is 46.6 Å². The third kappa shape index (κ3) is 8.95. The fraction of sp³-hybridized carbons (Fsp3) is 0.360. The molecule has 320 valence electrons. The van der Waals surface area contributed by atoms with Crippen molar-refractivity contribution in [2.45, 2.75) is 101 Å². The van der Waals surface area contributed by atoms with Crippen molar-refractivity contribution in [3.05, 3.63) is 142 Å². The van der Waals surface area contributed by atoms with Crippen LogP contribution in [-0.4, -0.2) is 34.1 Å². The van der Waals surface area contributed by atoms with E-state index in [0.29, 0.717) is 21.9 Å². The van der Waals surface area contributed by atoms with Gasteiger partial charge in [0.2, 0.25) is 0 Å². The number of nitrogens with zero attached hydrogens (tertiary/aromatic N) is 2. The highest BCUT2D eigenvalue weighted by molar-refractivity contribution is 6.31. The van der Waals surface area contributed by atoms with Crippen LogP contribution in [0.4, 0.5) is 29.7 Å². The van der Waals surface area contributed by atoms with Gasteiger partial charge in [0, 0.05) is 56.7 Å². The van der Waals surface area contributed by atoms with E-state index < -0.39 is 0 Å². The fourth-order valence-electron chi connectivity index (χ4n) is 10.8. The largest absolute Gasteiger partial charge is 0.335 e. The lowest BCUT2D eigenvalue weighted by Gasteiger charge is -2.53. The Kier molecular flexibility index (Phi) is 12.1. The molecule has 2 spiro atoms. The van der Waals surface area contributed by atoms with Crippen molar-refractivity contribution in [1.29, 1.82) is 0 Å². The third-order valence-corrected chi connectivity index (χ3v) is 15.0. The van der Waals surface area contributed by atoms with Gasteiger partial charge in [0.25, 0.3) is 0 Å². The second-order valence-electron chi connectivity index (χ2n) is 17.8. The molecule has 4 N–H and O–H groups in total. The summed E-state index contributed by atoms with van der Waals surface area (Å²) in [6, 6.07) is 28.1. The molecule has 2 aromatic heterocycles. The van der Waals surface area contributed by atoms with Gasteiger partial charge < -0.3 is 21.3 Å². The number of rotatable bonds is 6. The molecule has 0 radical (unpaired) electrons. The van der Waals surface area contributed by atoms with Crippen LogP contribution < -0.4 is 21.3 Å². The van der Waals surface area contributed by atoms with E-state index >= 15 is 0 Å². The number of nitrogens with one attached hydrogen (secondary N) is 4. The summed E-state index contributed by atoms with van der Waals surface area (Å²) in [7, 11) is 0. The highest BCUT2D eigenvalue weighted by atomic mass is 35.5. The molecule has 0 bridgehead atoms.